The van der Waals surface area contributed by atoms with Crippen LogP contribution in [0.1, 0.15) is 68.2 Å². The molecule has 144 valence electrons. The van der Waals surface area contributed by atoms with Crippen molar-refractivity contribution in [2.45, 2.75) is 58.8 Å². The molecule has 3 aromatic carbocycles. The fourth-order valence-electron chi connectivity index (χ4n) is 3.49. The molecule has 0 aliphatic carbocycles. The van der Waals surface area contributed by atoms with E-state index in [0.717, 1.165) is 41.3 Å². The van der Waals surface area contributed by atoms with E-state index in [9.17, 15) is 4.39 Å². The highest BCUT2D eigenvalue weighted by Gasteiger charge is 2.07. The largest absolute Gasteiger partial charge is 0.206 e. The second kappa shape index (κ2) is 10.1. The van der Waals surface area contributed by atoms with E-state index in [1.165, 1.54) is 31.2 Å². The molecule has 1 heteroatoms. The molecule has 0 N–H and O–H groups in total. The molecule has 0 unspecified atom stereocenters. The van der Waals surface area contributed by atoms with Crippen LogP contribution in [0.2, 0.25) is 0 Å². The molecule has 3 aromatic rings. The van der Waals surface area contributed by atoms with Crippen LogP contribution in [-0.4, -0.2) is 0 Å². The molecule has 0 aliphatic rings. The van der Waals surface area contributed by atoms with Gasteiger partial charge in [0, 0.05) is 16.5 Å². The van der Waals surface area contributed by atoms with Gasteiger partial charge in [-0.25, -0.2) is 4.39 Å². The molecule has 0 nitrogen and oxygen atoms in total. The van der Waals surface area contributed by atoms with Crippen LogP contribution in [0.25, 0.3) is 10.8 Å². The van der Waals surface area contributed by atoms with Crippen LogP contribution in [0.4, 0.5) is 4.39 Å². The zero-order chi connectivity index (χ0) is 19.8. The minimum Gasteiger partial charge on any atom is -0.206 e. The van der Waals surface area contributed by atoms with Crippen molar-refractivity contribution in [3.8, 4) is 11.8 Å². The van der Waals surface area contributed by atoms with Gasteiger partial charge in [0.2, 0.25) is 0 Å². The molecule has 0 spiro atoms. The third kappa shape index (κ3) is 5.23. The highest BCUT2D eigenvalue weighted by molar-refractivity contribution is 5.85. The van der Waals surface area contributed by atoms with Crippen LogP contribution >= 0.6 is 0 Å². The summed E-state index contributed by atoms with van der Waals surface area (Å²) in [5.74, 6) is 6.34. The summed E-state index contributed by atoms with van der Waals surface area (Å²) >= 11 is 0. The molecule has 3 rings (SSSR count). The first-order valence-electron chi connectivity index (χ1n) is 10.5. The van der Waals surface area contributed by atoms with Crippen LogP contribution in [0.15, 0.2) is 54.6 Å². The number of hydrogen-bond donors (Lipinski definition) is 0. The molecule has 0 bridgehead atoms. The van der Waals surface area contributed by atoms with E-state index >= 15 is 0 Å². The number of rotatable bonds is 7. The Balaban J connectivity index is 1.73. The fraction of sp³-hybridized carbons (Fsp3) is 0.333. The number of aryl methyl sites for hydroxylation is 2. The molecule has 0 fully saturated rings. The minimum absolute atomic E-state index is 0.0670. The standard InChI is InChI=1S/C27H29F/c1-3-5-6-7-8-9-24-17-18-25-20-23(16-19-26(25)27(24)28)15-14-22-12-10-21(4-2)11-13-22/h10-13,16-20H,3-9H2,1-2H3. The Labute approximate surface area is 168 Å². The maximum absolute atomic E-state index is 14.9. The van der Waals surface area contributed by atoms with Crippen LogP contribution in [0, 0.1) is 17.7 Å². The number of benzene rings is 3. The summed E-state index contributed by atoms with van der Waals surface area (Å²) in [4.78, 5) is 0. The Morgan fingerprint density at radius 3 is 2.21 bits per heavy atom. The summed E-state index contributed by atoms with van der Waals surface area (Å²) in [5, 5.41) is 1.62. The van der Waals surface area contributed by atoms with Crippen molar-refractivity contribution in [2.24, 2.45) is 0 Å². The smallest absolute Gasteiger partial charge is 0.134 e. The number of hydrogen-bond acceptors (Lipinski definition) is 0. The number of halogens is 1. The van der Waals surface area contributed by atoms with Crippen LogP contribution < -0.4 is 0 Å². The van der Waals surface area contributed by atoms with Gasteiger partial charge in [0.25, 0.3) is 0 Å². The molecule has 0 saturated carbocycles. The van der Waals surface area contributed by atoms with E-state index in [1.807, 2.05) is 30.3 Å². The van der Waals surface area contributed by atoms with Crippen LogP contribution in [0.5, 0.6) is 0 Å². The fourth-order valence-corrected chi connectivity index (χ4v) is 3.49. The summed E-state index contributed by atoms with van der Waals surface area (Å²) in [5.41, 5.74) is 4.06. The second-order valence-electron chi connectivity index (χ2n) is 7.44. The monoisotopic (exact) mass is 372 g/mol. The topological polar surface area (TPSA) is 0 Å². The van der Waals surface area contributed by atoms with Gasteiger partial charge in [0.05, 0.1) is 0 Å². The van der Waals surface area contributed by atoms with Crippen molar-refractivity contribution in [2.75, 3.05) is 0 Å². The van der Waals surface area contributed by atoms with Crippen molar-refractivity contribution < 1.29 is 4.39 Å². The first kappa shape index (κ1) is 20.2. The van der Waals surface area contributed by atoms with Gasteiger partial charge in [0.1, 0.15) is 5.82 Å². The molecule has 0 saturated heterocycles. The quantitative estimate of drug-likeness (QED) is 0.298. The molecule has 0 atom stereocenters. The summed E-state index contributed by atoms with van der Waals surface area (Å²) in [6.07, 6.45) is 7.84. The van der Waals surface area contributed by atoms with Gasteiger partial charge in [-0.2, -0.15) is 0 Å². The maximum atomic E-state index is 14.9. The normalized spacial score (nSPS) is 10.7. The molecular weight excluding hydrogens is 343 g/mol. The van der Waals surface area contributed by atoms with Crippen molar-refractivity contribution in [1.82, 2.24) is 0 Å². The Morgan fingerprint density at radius 1 is 0.750 bits per heavy atom. The Hall–Kier alpha value is -2.59. The lowest BCUT2D eigenvalue weighted by molar-refractivity contribution is 0.595. The van der Waals surface area contributed by atoms with E-state index < -0.39 is 0 Å². The lowest BCUT2D eigenvalue weighted by Crippen LogP contribution is -1.93. The van der Waals surface area contributed by atoms with Gasteiger partial charge in [0.15, 0.2) is 0 Å². The van der Waals surface area contributed by atoms with Gasteiger partial charge in [-0.3, -0.25) is 0 Å². The van der Waals surface area contributed by atoms with Crippen molar-refractivity contribution in [3.05, 3.63) is 82.7 Å². The van der Waals surface area contributed by atoms with Gasteiger partial charge >= 0.3 is 0 Å². The van der Waals surface area contributed by atoms with Crippen LogP contribution in [-0.2, 0) is 12.8 Å². The first-order valence-corrected chi connectivity index (χ1v) is 10.5. The molecule has 0 amide bonds. The van der Waals surface area contributed by atoms with Crippen LogP contribution in [0.3, 0.4) is 0 Å². The molecule has 0 aromatic heterocycles. The molecule has 28 heavy (non-hydrogen) atoms. The highest BCUT2D eigenvalue weighted by Crippen LogP contribution is 2.24. The molecule has 0 radical (unpaired) electrons. The Morgan fingerprint density at radius 2 is 1.46 bits per heavy atom. The SMILES string of the molecule is CCCCCCCc1ccc2cc(C#Cc3ccc(CC)cc3)ccc2c1F. The average Bonchev–Trinajstić information content (AvgIpc) is 2.74. The van der Waals surface area contributed by atoms with E-state index in [2.05, 4.69) is 50.0 Å². The van der Waals surface area contributed by atoms with Crippen molar-refractivity contribution >= 4 is 10.8 Å². The lowest BCUT2D eigenvalue weighted by Gasteiger charge is -2.07. The third-order valence-corrected chi connectivity index (χ3v) is 5.30. The average molecular weight is 373 g/mol. The third-order valence-electron chi connectivity index (χ3n) is 5.30. The van der Waals surface area contributed by atoms with E-state index in [0.29, 0.717) is 5.39 Å². The first-order chi connectivity index (χ1) is 13.7. The Bertz CT molecular complexity index is 971. The maximum Gasteiger partial charge on any atom is 0.134 e. The van der Waals surface area contributed by atoms with Gasteiger partial charge in [-0.15, -0.1) is 0 Å². The number of unbranched alkanes of at least 4 members (excludes halogenated alkanes) is 4. The zero-order valence-electron chi connectivity index (χ0n) is 17.0. The van der Waals surface area contributed by atoms with Crippen molar-refractivity contribution in [1.29, 1.82) is 0 Å². The van der Waals surface area contributed by atoms with Gasteiger partial charge in [-0.1, -0.05) is 81.7 Å². The van der Waals surface area contributed by atoms with Gasteiger partial charge in [-0.05, 0) is 60.0 Å². The van der Waals surface area contributed by atoms with E-state index in [-0.39, 0.29) is 5.82 Å². The Kier molecular flexibility index (Phi) is 7.26. The highest BCUT2D eigenvalue weighted by atomic mass is 19.1. The lowest BCUT2D eigenvalue weighted by atomic mass is 9.99. The van der Waals surface area contributed by atoms with E-state index in [4.69, 9.17) is 0 Å². The second-order valence-corrected chi connectivity index (χ2v) is 7.44. The predicted octanol–water partition coefficient (Wildman–Crippen LogP) is 7.45. The zero-order valence-corrected chi connectivity index (χ0v) is 17.0. The predicted molar refractivity (Wildman–Crippen MR) is 118 cm³/mol. The molecular formula is C27H29F. The molecule has 0 aliphatic heterocycles. The molecule has 0 heterocycles. The van der Waals surface area contributed by atoms with Gasteiger partial charge < -0.3 is 0 Å². The van der Waals surface area contributed by atoms with E-state index in [1.54, 1.807) is 0 Å². The number of fused-ring (bicyclic) bond motifs is 1. The summed E-state index contributed by atoms with van der Waals surface area (Å²) in [6, 6.07) is 18.1. The summed E-state index contributed by atoms with van der Waals surface area (Å²) < 4.78 is 14.9. The minimum atomic E-state index is -0.0670. The summed E-state index contributed by atoms with van der Waals surface area (Å²) in [6.45, 7) is 4.36. The summed E-state index contributed by atoms with van der Waals surface area (Å²) in [7, 11) is 0. The van der Waals surface area contributed by atoms with Crippen molar-refractivity contribution in [3.63, 3.8) is 0 Å².